The number of benzene rings is 4. The van der Waals surface area contributed by atoms with Gasteiger partial charge in [-0.1, -0.05) is 78.9 Å². The van der Waals surface area contributed by atoms with Crippen molar-refractivity contribution in [2.24, 2.45) is 0 Å². The molecule has 6 nitrogen and oxygen atoms in total. The second-order valence-electron chi connectivity index (χ2n) is 11.3. The van der Waals surface area contributed by atoms with Gasteiger partial charge in [0.2, 0.25) is 5.88 Å². The molecule has 2 aromatic heterocycles. The first-order valence-electron chi connectivity index (χ1n) is 15.0. The molecule has 0 saturated carbocycles. The predicted octanol–water partition coefficient (Wildman–Crippen LogP) is 7.88. The summed E-state index contributed by atoms with van der Waals surface area (Å²) < 4.78 is 22.3. The molecule has 0 bridgehead atoms. The number of hydrogen-bond donors (Lipinski definition) is 1. The van der Waals surface area contributed by atoms with E-state index < -0.39 is 6.10 Å². The number of hydrogen-bond acceptors (Lipinski definition) is 4. The summed E-state index contributed by atoms with van der Waals surface area (Å²) in [5.41, 5.74) is 3.69. The lowest BCUT2D eigenvalue weighted by molar-refractivity contribution is 0.0728. The third kappa shape index (κ3) is 5.15. The van der Waals surface area contributed by atoms with E-state index >= 15 is 0 Å². The number of piperidine rings is 1. The Hall–Kier alpha value is -5.17. The van der Waals surface area contributed by atoms with E-state index in [0.29, 0.717) is 46.1 Å². The molecule has 4 aromatic carbocycles. The van der Waals surface area contributed by atoms with Gasteiger partial charge in [-0.3, -0.25) is 9.78 Å². The van der Waals surface area contributed by atoms with Crippen LogP contribution in [0.3, 0.4) is 0 Å². The van der Waals surface area contributed by atoms with Crippen LogP contribution in [-0.2, 0) is 6.54 Å². The monoisotopic (exact) mass is 585 g/mol. The van der Waals surface area contributed by atoms with Crippen LogP contribution in [-0.4, -0.2) is 38.6 Å². The van der Waals surface area contributed by atoms with Gasteiger partial charge in [0.05, 0.1) is 17.5 Å². The van der Waals surface area contributed by atoms with E-state index in [-0.39, 0.29) is 24.1 Å². The summed E-state index contributed by atoms with van der Waals surface area (Å²) in [5.74, 6) is -0.0508. The van der Waals surface area contributed by atoms with Gasteiger partial charge in [0, 0.05) is 36.3 Å². The van der Waals surface area contributed by atoms with Gasteiger partial charge in [0.1, 0.15) is 17.4 Å². The number of ether oxygens (including phenoxy) is 1. The average Bonchev–Trinajstić information content (AvgIpc) is 3.39. The van der Waals surface area contributed by atoms with Crippen molar-refractivity contribution in [3.8, 4) is 11.6 Å². The minimum absolute atomic E-state index is 0.0422. The number of aromatic nitrogens is 2. The van der Waals surface area contributed by atoms with Crippen LogP contribution in [0, 0.1) is 5.82 Å². The number of nitrogens with zero attached hydrogens (tertiary/aromatic N) is 3. The summed E-state index contributed by atoms with van der Waals surface area (Å²) in [4.78, 5) is 20.9. The minimum Gasteiger partial charge on any atom is -0.494 e. The first kappa shape index (κ1) is 27.7. The number of halogens is 1. The largest absolute Gasteiger partial charge is 0.494 e. The average molecular weight is 586 g/mol. The quantitative estimate of drug-likeness (QED) is 0.207. The Morgan fingerprint density at radius 1 is 0.841 bits per heavy atom. The van der Waals surface area contributed by atoms with Crippen LogP contribution in [0.2, 0.25) is 0 Å². The molecule has 0 aliphatic carbocycles. The normalized spacial score (nSPS) is 13.5. The first-order chi connectivity index (χ1) is 21.6. The van der Waals surface area contributed by atoms with Crippen LogP contribution in [0.4, 0.5) is 4.39 Å². The molecular formula is C37H32FN3O3. The van der Waals surface area contributed by atoms with Crippen molar-refractivity contribution in [2.45, 2.75) is 31.9 Å². The number of carbonyl (C=O) groups is 1. The number of fused-ring (bicyclic) bond motifs is 2. The molecule has 6 aromatic rings. The highest BCUT2D eigenvalue weighted by molar-refractivity contribution is 6.21. The van der Waals surface area contributed by atoms with Crippen LogP contribution >= 0.6 is 0 Å². The molecule has 1 amide bonds. The molecule has 7 heteroatoms. The fourth-order valence-electron chi connectivity index (χ4n) is 6.22. The number of rotatable bonds is 7. The molecule has 0 atom stereocenters. The smallest absolute Gasteiger partial charge is 0.255 e. The molecule has 0 spiro atoms. The minimum atomic E-state index is -0.505. The Bertz CT molecular complexity index is 1890. The zero-order valence-electron chi connectivity index (χ0n) is 24.2. The van der Waals surface area contributed by atoms with Gasteiger partial charge in [-0.05, 0) is 54.2 Å². The van der Waals surface area contributed by atoms with Crippen LogP contribution in [0.1, 0.15) is 52.4 Å². The summed E-state index contributed by atoms with van der Waals surface area (Å²) in [6.45, 7) is 1.65. The maximum absolute atomic E-state index is 14.2. The maximum atomic E-state index is 14.2. The highest BCUT2D eigenvalue weighted by Gasteiger charge is 2.30. The zero-order chi connectivity index (χ0) is 30.0. The Labute approximate surface area is 255 Å². The molecule has 1 aliphatic rings. The molecule has 1 aliphatic heterocycles. The van der Waals surface area contributed by atoms with Gasteiger partial charge >= 0.3 is 0 Å². The SMILES string of the molecule is O=C(c1c2cccnc2c(OC(c2ccccc2)c2ccccc2)c2c(O)n(Cc3ccc(F)cc3)cc12)N1CCCCC1. The lowest BCUT2D eigenvalue weighted by Crippen LogP contribution is -2.35. The van der Waals surface area contributed by atoms with Gasteiger partial charge < -0.3 is 19.3 Å². The summed E-state index contributed by atoms with van der Waals surface area (Å²) >= 11 is 0. The van der Waals surface area contributed by atoms with E-state index in [1.54, 1.807) is 22.9 Å². The standard InChI is InChI=1S/C37H32FN3O3/c38-28-18-16-25(17-19-28)23-41-24-30-31(36(42)40-21-8-3-9-22-40)29-15-10-20-39-33(29)35(32(30)37(41)43)44-34(26-11-4-1-5-12-26)27-13-6-2-7-14-27/h1-2,4-7,10-20,24,34,43H,3,8-9,21-23H2. The van der Waals surface area contributed by atoms with E-state index in [4.69, 9.17) is 9.72 Å². The summed E-state index contributed by atoms with van der Waals surface area (Å²) in [6.07, 6.45) is 6.00. The van der Waals surface area contributed by atoms with Crippen LogP contribution < -0.4 is 4.74 Å². The number of amides is 1. The molecule has 220 valence electrons. The van der Waals surface area contributed by atoms with E-state index in [1.165, 1.54) is 12.1 Å². The summed E-state index contributed by atoms with van der Waals surface area (Å²) in [5, 5.41) is 13.6. The molecule has 0 unspecified atom stereocenters. The van der Waals surface area contributed by atoms with E-state index in [0.717, 1.165) is 36.0 Å². The number of likely N-dealkylation sites (tertiary alicyclic amines) is 1. The van der Waals surface area contributed by atoms with Crippen LogP contribution in [0.25, 0.3) is 21.7 Å². The second-order valence-corrected chi connectivity index (χ2v) is 11.3. The van der Waals surface area contributed by atoms with Crippen LogP contribution in [0.5, 0.6) is 11.6 Å². The van der Waals surface area contributed by atoms with Crippen molar-refractivity contribution in [2.75, 3.05) is 13.1 Å². The molecule has 44 heavy (non-hydrogen) atoms. The summed E-state index contributed by atoms with van der Waals surface area (Å²) in [6, 6.07) is 29.8. The Balaban J connectivity index is 1.47. The number of pyridine rings is 1. The molecule has 1 saturated heterocycles. The highest BCUT2D eigenvalue weighted by atomic mass is 19.1. The van der Waals surface area contributed by atoms with Crippen molar-refractivity contribution in [1.29, 1.82) is 0 Å². The first-order valence-corrected chi connectivity index (χ1v) is 15.0. The lowest BCUT2D eigenvalue weighted by atomic mass is 9.98. The van der Waals surface area contributed by atoms with Crippen molar-refractivity contribution in [1.82, 2.24) is 14.5 Å². The fourth-order valence-corrected chi connectivity index (χ4v) is 6.22. The third-order valence-corrected chi connectivity index (χ3v) is 8.40. The van der Waals surface area contributed by atoms with E-state index in [2.05, 4.69) is 0 Å². The number of carbonyl (C=O) groups excluding carboxylic acids is 1. The Kier molecular flexibility index (Phi) is 7.44. The lowest BCUT2D eigenvalue weighted by Gasteiger charge is -2.28. The zero-order valence-corrected chi connectivity index (χ0v) is 24.2. The van der Waals surface area contributed by atoms with Crippen molar-refractivity contribution in [3.63, 3.8) is 0 Å². The van der Waals surface area contributed by atoms with Crippen molar-refractivity contribution in [3.05, 3.63) is 138 Å². The second kappa shape index (κ2) is 11.8. The van der Waals surface area contributed by atoms with Gasteiger partial charge in [0.15, 0.2) is 5.75 Å². The predicted molar refractivity (Wildman–Crippen MR) is 170 cm³/mol. The maximum Gasteiger partial charge on any atom is 0.255 e. The van der Waals surface area contributed by atoms with Crippen molar-refractivity contribution >= 4 is 27.6 Å². The van der Waals surface area contributed by atoms with Gasteiger partial charge in [-0.15, -0.1) is 0 Å². The molecular weight excluding hydrogens is 553 g/mol. The van der Waals surface area contributed by atoms with Gasteiger partial charge in [-0.2, -0.15) is 0 Å². The molecule has 7 rings (SSSR count). The Morgan fingerprint density at radius 3 is 2.16 bits per heavy atom. The van der Waals surface area contributed by atoms with Gasteiger partial charge in [-0.25, -0.2) is 4.39 Å². The summed E-state index contributed by atoms with van der Waals surface area (Å²) in [7, 11) is 0. The van der Waals surface area contributed by atoms with E-state index in [9.17, 15) is 14.3 Å². The van der Waals surface area contributed by atoms with Gasteiger partial charge in [0.25, 0.3) is 5.91 Å². The molecule has 3 heterocycles. The third-order valence-electron chi connectivity index (χ3n) is 8.40. The molecule has 1 fully saturated rings. The number of aromatic hydroxyl groups is 1. The topological polar surface area (TPSA) is 67.6 Å². The Morgan fingerprint density at radius 2 is 1.50 bits per heavy atom. The van der Waals surface area contributed by atoms with Crippen molar-refractivity contribution < 1.29 is 19.0 Å². The molecule has 1 N–H and O–H groups in total. The molecule has 0 radical (unpaired) electrons. The highest BCUT2D eigenvalue weighted by Crippen LogP contribution is 2.46. The van der Waals surface area contributed by atoms with Crippen LogP contribution in [0.15, 0.2) is 109 Å². The van der Waals surface area contributed by atoms with E-state index in [1.807, 2.05) is 83.9 Å². The fraction of sp³-hybridized carbons (Fsp3) is 0.189.